The lowest BCUT2D eigenvalue weighted by Gasteiger charge is -2.12. The van der Waals surface area contributed by atoms with Gasteiger partial charge in [-0.15, -0.1) is 0 Å². The maximum atomic E-state index is 14.9. The number of alkyl halides is 2. The first-order valence-corrected chi connectivity index (χ1v) is 12.8. The molecule has 0 saturated heterocycles. The van der Waals surface area contributed by atoms with Crippen molar-refractivity contribution in [2.45, 2.75) is 26.3 Å². The van der Waals surface area contributed by atoms with E-state index in [1.54, 1.807) is 43.5 Å². The predicted molar refractivity (Wildman–Crippen MR) is 145 cm³/mol. The molecule has 0 saturated carbocycles. The second-order valence-electron chi connectivity index (χ2n) is 9.04. The standard InChI is InChI=1S/C28H25F4N7O3/c1-16-33-8-7-25(35-16)36-27-23(41-10-4-9-40)13-34-28(37-27)26-18-5-2-3-6-22(18)39(38-26)14-19-20(29)11-17(12-21(19)30)42-15-24(31)32/h2-3,5-8,11-13,24,40H,4,9-10,14-15H2,1H3,(H,33,34,35,36,37). The minimum absolute atomic E-state index is 0.0527. The van der Waals surface area contributed by atoms with Gasteiger partial charge in [0.05, 0.1) is 24.9 Å². The Morgan fingerprint density at radius 3 is 2.55 bits per heavy atom. The van der Waals surface area contributed by atoms with Crippen molar-refractivity contribution in [2.75, 3.05) is 25.1 Å². The van der Waals surface area contributed by atoms with Gasteiger partial charge in [0.2, 0.25) is 0 Å². The zero-order valence-corrected chi connectivity index (χ0v) is 22.3. The van der Waals surface area contributed by atoms with Gasteiger partial charge in [-0.2, -0.15) is 5.10 Å². The fourth-order valence-electron chi connectivity index (χ4n) is 4.11. The molecular weight excluding hydrogens is 558 g/mol. The van der Waals surface area contributed by atoms with Crippen LogP contribution in [0.1, 0.15) is 17.8 Å². The Balaban J connectivity index is 1.51. The average Bonchev–Trinajstić information content (AvgIpc) is 3.33. The number of anilines is 2. The summed E-state index contributed by atoms with van der Waals surface area (Å²) in [5, 5.41) is 17.4. The van der Waals surface area contributed by atoms with E-state index in [4.69, 9.17) is 14.6 Å². The highest BCUT2D eigenvalue weighted by atomic mass is 19.3. The number of nitrogens with one attached hydrogen (secondary N) is 1. The van der Waals surface area contributed by atoms with E-state index in [1.807, 2.05) is 0 Å². The number of aliphatic hydroxyl groups is 1. The molecular formula is C28H25F4N7O3. The third-order valence-electron chi connectivity index (χ3n) is 6.01. The van der Waals surface area contributed by atoms with Crippen LogP contribution in [0.5, 0.6) is 11.5 Å². The minimum Gasteiger partial charge on any atom is -0.488 e. The molecule has 0 bridgehead atoms. The van der Waals surface area contributed by atoms with Gasteiger partial charge in [0, 0.05) is 42.3 Å². The van der Waals surface area contributed by atoms with Crippen molar-refractivity contribution >= 4 is 22.5 Å². The van der Waals surface area contributed by atoms with Crippen LogP contribution in [0.4, 0.5) is 29.2 Å². The van der Waals surface area contributed by atoms with Crippen LogP contribution in [-0.2, 0) is 6.54 Å². The van der Waals surface area contributed by atoms with Crippen molar-refractivity contribution in [3.63, 3.8) is 0 Å². The van der Waals surface area contributed by atoms with Crippen molar-refractivity contribution < 1.29 is 32.1 Å². The van der Waals surface area contributed by atoms with Crippen LogP contribution in [0.25, 0.3) is 22.4 Å². The summed E-state index contributed by atoms with van der Waals surface area (Å²) in [4.78, 5) is 17.5. The number of aromatic nitrogens is 6. The van der Waals surface area contributed by atoms with Crippen LogP contribution < -0.4 is 14.8 Å². The number of fused-ring (bicyclic) bond motifs is 1. The fraction of sp³-hybridized carbons (Fsp3) is 0.250. The van der Waals surface area contributed by atoms with Crippen molar-refractivity contribution in [2.24, 2.45) is 0 Å². The fourth-order valence-corrected chi connectivity index (χ4v) is 4.11. The molecule has 42 heavy (non-hydrogen) atoms. The number of para-hydroxylation sites is 1. The lowest BCUT2D eigenvalue weighted by Crippen LogP contribution is -2.10. The number of nitrogens with zero attached hydrogens (tertiary/aromatic N) is 6. The summed E-state index contributed by atoms with van der Waals surface area (Å²) in [5.41, 5.74) is 0.568. The van der Waals surface area contributed by atoms with Gasteiger partial charge in [-0.05, 0) is 19.1 Å². The molecule has 2 N–H and O–H groups in total. The first kappa shape index (κ1) is 28.7. The molecule has 0 atom stereocenters. The number of rotatable bonds is 12. The zero-order chi connectivity index (χ0) is 29.6. The molecule has 218 valence electrons. The second-order valence-corrected chi connectivity index (χ2v) is 9.04. The Bertz CT molecular complexity index is 1680. The first-order valence-electron chi connectivity index (χ1n) is 12.8. The van der Waals surface area contributed by atoms with Crippen LogP contribution in [0.3, 0.4) is 0 Å². The maximum absolute atomic E-state index is 14.9. The lowest BCUT2D eigenvalue weighted by atomic mass is 10.1. The Kier molecular flexibility index (Phi) is 8.71. The molecule has 0 aliphatic carbocycles. The van der Waals surface area contributed by atoms with Gasteiger partial charge in [0.1, 0.15) is 41.3 Å². The number of benzene rings is 2. The summed E-state index contributed by atoms with van der Waals surface area (Å²) in [6.45, 7) is 0.620. The van der Waals surface area contributed by atoms with E-state index in [9.17, 15) is 17.6 Å². The van der Waals surface area contributed by atoms with Gasteiger partial charge in [-0.1, -0.05) is 18.2 Å². The van der Waals surface area contributed by atoms with E-state index in [-0.39, 0.29) is 42.7 Å². The monoisotopic (exact) mass is 583 g/mol. The maximum Gasteiger partial charge on any atom is 0.272 e. The van der Waals surface area contributed by atoms with Crippen LogP contribution in [0.2, 0.25) is 0 Å². The van der Waals surface area contributed by atoms with Crippen LogP contribution >= 0.6 is 0 Å². The number of aliphatic hydroxyl groups excluding tert-OH is 1. The Hall–Kier alpha value is -4.85. The number of hydrogen-bond acceptors (Lipinski definition) is 9. The highest BCUT2D eigenvalue weighted by Gasteiger charge is 2.20. The molecule has 5 aromatic rings. The van der Waals surface area contributed by atoms with Gasteiger partial charge in [-0.3, -0.25) is 4.68 Å². The lowest BCUT2D eigenvalue weighted by molar-refractivity contribution is 0.0815. The van der Waals surface area contributed by atoms with Gasteiger partial charge >= 0.3 is 0 Å². The van der Waals surface area contributed by atoms with Gasteiger partial charge < -0.3 is 19.9 Å². The summed E-state index contributed by atoms with van der Waals surface area (Å²) >= 11 is 0. The molecule has 0 spiro atoms. The summed E-state index contributed by atoms with van der Waals surface area (Å²) in [5.74, 6) is -0.480. The third kappa shape index (κ3) is 6.54. The normalized spacial score (nSPS) is 11.3. The SMILES string of the molecule is Cc1nccc(Nc2nc(-c3nn(Cc4c(F)cc(OCC(F)F)cc4F)c4ccccc34)ncc2OCCCO)n1. The largest absolute Gasteiger partial charge is 0.488 e. The summed E-state index contributed by atoms with van der Waals surface area (Å²) < 4.78 is 66.6. The molecule has 0 aliphatic rings. The Labute approximate surface area is 237 Å². The third-order valence-corrected chi connectivity index (χ3v) is 6.01. The highest BCUT2D eigenvalue weighted by Crippen LogP contribution is 2.32. The quantitative estimate of drug-likeness (QED) is 0.153. The molecule has 0 aliphatic heterocycles. The van der Waals surface area contributed by atoms with Crippen LogP contribution in [-0.4, -0.2) is 61.1 Å². The van der Waals surface area contributed by atoms with Gasteiger partial charge in [0.15, 0.2) is 17.4 Å². The minimum atomic E-state index is -2.78. The molecule has 0 amide bonds. The second kappa shape index (κ2) is 12.8. The molecule has 0 unspecified atom stereocenters. The Morgan fingerprint density at radius 2 is 1.81 bits per heavy atom. The first-order chi connectivity index (χ1) is 20.3. The van der Waals surface area contributed by atoms with E-state index in [1.165, 1.54) is 10.9 Å². The average molecular weight is 584 g/mol. The van der Waals surface area contributed by atoms with Gasteiger partial charge in [0.25, 0.3) is 6.43 Å². The molecule has 0 fully saturated rings. The van der Waals surface area contributed by atoms with E-state index in [0.717, 1.165) is 12.1 Å². The highest BCUT2D eigenvalue weighted by molar-refractivity contribution is 5.92. The van der Waals surface area contributed by atoms with Crippen molar-refractivity contribution in [3.8, 4) is 23.0 Å². The van der Waals surface area contributed by atoms with Crippen LogP contribution in [0.15, 0.2) is 54.9 Å². The van der Waals surface area contributed by atoms with Crippen molar-refractivity contribution in [1.29, 1.82) is 0 Å². The van der Waals surface area contributed by atoms with Gasteiger partial charge in [-0.25, -0.2) is 37.5 Å². The zero-order valence-electron chi connectivity index (χ0n) is 22.3. The Morgan fingerprint density at radius 1 is 1.02 bits per heavy atom. The molecule has 10 nitrogen and oxygen atoms in total. The molecule has 14 heteroatoms. The smallest absolute Gasteiger partial charge is 0.272 e. The molecule has 2 aromatic carbocycles. The summed E-state index contributed by atoms with van der Waals surface area (Å²) in [7, 11) is 0. The van der Waals surface area contributed by atoms with E-state index >= 15 is 0 Å². The predicted octanol–water partition coefficient (Wildman–Crippen LogP) is 5.07. The van der Waals surface area contributed by atoms with Crippen molar-refractivity contribution in [3.05, 3.63) is 77.9 Å². The number of aryl methyl sites for hydroxylation is 1. The number of hydrogen-bond donors (Lipinski definition) is 2. The van der Waals surface area contributed by atoms with E-state index in [2.05, 4.69) is 30.4 Å². The molecule has 0 radical (unpaired) electrons. The molecule has 5 rings (SSSR count). The van der Waals surface area contributed by atoms with Crippen LogP contribution in [0, 0.1) is 18.6 Å². The van der Waals surface area contributed by atoms with Crippen molar-refractivity contribution in [1.82, 2.24) is 29.7 Å². The van der Waals surface area contributed by atoms with E-state index in [0.29, 0.717) is 40.4 Å². The topological polar surface area (TPSA) is 120 Å². The van der Waals surface area contributed by atoms with E-state index < -0.39 is 24.7 Å². The number of ether oxygens (including phenoxy) is 2. The molecule has 3 heterocycles. The molecule has 3 aromatic heterocycles. The summed E-state index contributed by atoms with van der Waals surface area (Å²) in [6, 6.07) is 10.4. The summed E-state index contributed by atoms with van der Waals surface area (Å²) in [6.07, 6.45) is 0.662. The number of halogens is 4.